The van der Waals surface area contributed by atoms with E-state index in [1.54, 1.807) is 7.11 Å². The van der Waals surface area contributed by atoms with Crippen molar-refractivity contribution < 1.29 is 4.74 Å². The van der Waals surface area contributed by atoms with Crippen LogP contribution >= 0.6 is 0 Å². The predicted octanol–water partition coefficient (Wildman–Crippen LogP) is 2.22. The van der Waals surface area contributed by atoms with Crippen LogP contribution in [0, 0.1) is 6.92 Å². The largest absolute Gasteiger partial charge is 0.385 e. The van der Waals surface area contributed by atoms with Gasteiger partial charge in [-0.15, -0.1) is 0 Å². The molecule has 2 aromatic heterocycles. The predicted molar refractivity (Wildman–Crippen MR) is 60.1 cm³/mol. The molecule has 0 bridgehead atoms. The highest BCUT2D eigenvalue weighted by atomic mass is 16.5. The number of methoxy groups -OCH3 is 1. The summed E-state index contributed by atoms with van der Waals surface area (Å²) in [6, 6.07) is 4.17. The van der Waals surface area contributed by atoms with E-state index in [0.717, 1.165) is 25.3 Å². The van der Waals surface area contributed by atoms with Crippen LogP contribution < -0.4 is 0 Å². The van der Waals surface area contributed by atoms with Crippen molar-refractivity contribution in [3.8, 4) is 0 Å². The average molecular weight is 204 g/mol. The molecule has 0 aliphatic heterocycles. The molecule has 0 atom stereocenters. The van der Waals surface area contributed by atoms with Crippen molar-refractivity contribution in [1.29, 1.82) is 0 Å². The van der Waals surface area contributed by atoms with E-state index in [4.69, 9.17) is 4.74 Å². The van der Waals surface area contributed by atoms with Gasteiger partial charge in [0, 0.05) is 26.3 Å². The number of nitrogens with zero attached hydrogens (tertiary/aromatic N) is 2. The van der Waals surface area contributed by atoms with Crippen LogP contribution in [0.3, 0.4) is 0 Å². The molecule has 0 spiro atoms. The van der Waals surface area contributed by atoms with Gasteiger partial charge in [-0.25, -0.2) is 4.98 Å². The average Bonchev–Trinajstić information content (AvgIpc) is 2.64. The molecular weight excluding hydrogens is 188 g/mol. The fourth-order valence-corrected chi connectivity index (χ4v) is 1.78. The van der Waals surface area contributed by atoms with Crippen molar-refractivity contribution in [3.63, 3.8) is 0 Å². The summed E-state index contributed by atoms with van der Waals surface area (Å²) in [7, 11) is 1.73. The molecule has 0 unspecified atom stereocenters. The maximum absolute atomic E-state index is 5.04. The highest BCUT2D eigenvalue weighted by Gasteiger charge is 2.03. The van der Waals surface area contributed by atoms with Crippen LogP contribution in [0.5, 0.6) is 0 Å². The molecule has 80 valence electrons. The Morgan fingerprint density at radius 1 is 1.47 bits per heavy atom. The van der Waals surface area contributed by atoms with Crippen molar-refractivity contribution in [1.82, 2.24) is 9.38 Å². The second-order valence-corrected chi connectivity index (χ2v) is 3.72. The van der Waals surface area contributed by atoms with Gasteiger partial charge in [0.1, 0.15) is 5.82 Å². The molecule has 0 saturated heterocycles. The molecule has 3 heteroatoms. The van der Waals surface area contributed by atoms with Gasteiger partial charge in [0.2, 0.25) is 0 Å². The topological polar surface area (TPSA) is 26.5 Å². The van der Waals surface area contributed by atoms with Gasteiger partial charge in [-0.2, -0.15) is 0 Å². The van der Waals surface area contributed by atoms with Crippen molar-refractivity contribution in [2.75, 3.05) is 13.7 Å². The van der Waals surface area contributed by atoms with Gasteiger partial charge in [-0.3, -0.25) is 0 Å². The molecule has 0 aromatic carbocycles. The summed E-state index contributed by atoms with van der Waals surface area (Å²) in [5.74, 6) is 1.12. The Hall–Kier alpha value is -1.35. The van der Waals surface area contributed by atoms with Gasteiger partial charge in [0.05, 0.1) is 11.7 Å². The molecule has 15 heavy (non-hydrogen) atoms. The maximum Gasteiger partial charge on any atom is 0.113 e. The van der Waals surface area contributed by atoms with E-state index in [1.165, 1.54) is 11.1 Å². The maximum atomic E-state index is 5.04. The Bertz CT molecular complexity index is 448. The third-order valence-electron chi connectivity index (χ3n) is 2.61. The molecule has 0 amide bonds. The van der Waals surface area contributed by atoms with E-state index in [0.29, 0.717) is 0 Å². The monoisotopic (exact) mass is 204 g/mol. The van der Waals surface area contributed by atoms with Crippen LogP contribution in [-0.4, -0.2) is 23.1 Å². The quantitative estimate of drug-likeness (QED) is 0.714. The Morgan fingerprint density at radius 2 is 2.33 bits per heavy atom. The summed E-state index contributed by atoms with van der Waals surface area (Å²) in [6.07, 6.45) is 5.99. The summed E-state index contributed by atoms with van der Waals surface area (Å²) in [5, 5.41) is 0. The first-order chi connectivity index (χ1) is 7.33. The first-order valence-electron chi connectivity index (χ1n) is 5.23. The lowest BCUT2D eigenvalue weighted by molar-refractivity contribution is 0.194. The zero-order valence-corrected chi connectivity index (χ0v) is 9.23. The Balaban J connectivity index is 2.25. The smallest absolute Gasteiger partial charge is 0.113 e. The van der Waals surface area contributed by atoms with E-state index in [9.17, 15) is 0 Å². The lowest BCUT2D eigenvalue weighted by atomic mass is 10.2. The van der Waals surface area contributed by atoms with Crippen LogP contribution in [-0.2, 0) is 11.2 Å². The van der Waals surface area contributed by atoms with Crippen molar-refractivity contribution >= 4 is 5.52 Å². The summed E-state index contributed by atoms with van der Waals surface area (Å²) in [5.41, 5.74) is 2.47. The minimum atomic E-state index is 0.792. The summed E-state index contributed by atoms with van der Waals surface area (Å²) in [4.78, 5) is 4.44. The standard InChI is InChI=1S/C12H16N2O/c1-10-5-3-7-14-11(10)9-13-12(14)6-4-8-15-2/h3,5,7,9H,4,6,8H2,1-2H3. The zero-order valence-electron chi connectivity index (χ0n) is 9.23. The number of fused-ring (bicyclic) bond motifs is 1. The van der Waals surface area contributed by atoms with Gasteiger partial charge in [0.15, 0.2) is 0 Å². The molecule has 0 N–H and O–H groups in total. The molecule has 2 heterocycles. The molecular formula is C12H16N2O. The summed E-state index contributed by atoms with van der Waals surface area (Å²) < 4.78 is 7.20. The van der Waals surface area contributed by atoms with E-state index < -0.39 is 0 Å². The first kappa shape index (κ1) is 10.2. The van der Waals surface area contributed by atoms with Crippen LogP contribution in [0.25, 0.3) is 5.52 Å². The third kappa shape index (κ3) is 2.02. The highest BCUT2D eigenvalue weighted by Crippen LogP contribution is 2.12. The van der Waals surface area contributed by atoms with Crippen LogP contribution in [0.15, 0.2) is 24.5 Å². The number of imidazole rings is 1. The van der Waals surface area contributed by atoms with Gasteiger partial charge in [0.25, 0.3) is 0 Å². The third-order valence-corrected chi connectivity index (χ3v) is 2.61. The van der Waals surface area contributed by atoms with E-state index in [-0.39, 0.29) is 0 Å². The van der Waals surface area contributed by atoms with Crippen LogP contribution in [0.1, 0.15) is 17.8 Å². The van der Waals surface area contributed by atoms with Gasteiger partial charge < -0.3 is 9.14 Å². The molecule has 3 nitrogen and oxygen atoms in total. The van der Waals surface area contributed by atoms with Crippen LogP contribution in [0.4, 0.5) is 0 Å². The molecule has 0 radical (unpaired) electrons. The number of aromatic nitrogens is 2. The number of ether oxygens (including phenoxy) is 1. The lowest BCUT2D eigenvalue weighted by Crippen LogP contribution is -1.98. The van der Waals surface area contributed by atoms with E-state index in [2.05, 4.69) is 34.6 Å². The van der Waals surface area contributed by atoms with Crippen molar-refractivity contribution in [2.24, 2.45) is 0 Å². The Morgan fingerprint density at radius 3 is 3.13 bits per heavy atom. The molecule has 0 saturated carbocycles. The van der Waals surface area contributed by atoms with E-state index in [1.807, 2.05) is 6.20 Å². The van der Waals surface area contributed by atoms with Crippen molar-refractivity contribution in [3.05, 3.63) is 35.9 Å². The SMILES string of the molecule is COCCCc1ncc2c(C)cccn12. The van der Waals surface area contributed by atoms with Gasteiger partial charge in [-0.05, 0) is 25.0 Å². The summed E-state index contributed by atoms with van der Waals surface area (Å²) in [6.45, 7) is 2.90. The molecule has 2 rings (SSSR count). The number of hydrogen-bond acceptors (Lipinski definition) is 2. The molecule has 0 fully saturated rings. The fourth-order valence-electron chi connectivity index (χ4n) is 1.78. The first-order valence-corrected chi connectivity index (χ1v) is 5.23. The van der Waals surface area contributed by atoms with E-state index >= 15 is 0 Å². The summed E-state index contributed by atoms with van der Waals surface area (Å²) >= 11 is 0. The number of pyridine rings is 1. The fraction of sp³-hybridized carbons (Fsp3) is 0.417. The number of rotatable bonds is 4. The lowest BCUT2D eigenvalue weighted by Gasteiger charge is -2.02. The second-order valence-electron chi connectivity index (χ2n) is 3.72. The van der Waals surface area contributed by atoms with Gasteiger partial charge >= 0.3 is 0 Å². The minimum Gasteiger partial charge on any atom is -0.385 e. The minimum absolute atomic E-state index is 0.792. The normalized spacial score (nSPS) is 11.1. The van der Waals surface area contributed by atoms with Gasteiger partial charge in [-0.1, -0.05) is 6.07 Å². The number of hydrogen-bond donors (Lipinski definition) is 0. The number of aryl methyl sites for hydroxylation is 2. The zero-order chi connectivity index (χ0) is 10.7. The van der Waals surface area contributed by atoms with Crippen molar-refractivity contribution in [2.45, 2.75) is 19.8 Å². The second kappa shape index (κ2) is 4.45. The Labute approximate surface area is 89.7 Å². The van der Waals surface area contributed by atoms with Crippen LogP contribution in [0.2, 0.25) is 0 Å². The molecule has 0 aliphatic carbocycles. The molecule has 2 aromatic rings. The highest BCUT2D eigenvalue weighted by molar-refractivity contribution is 5.53. The molecule has 0 aliphatic rings. The Kier molecular flexibility index (Phi) is 3.02.